The molecule has 3 rings (SSSR count). The maximum absolute atomic E-state index is 12.4. The average Bonchev–Trinajstić information content (AvgIpc) is 3.06. The molecule has 0 spiro atoms. The second-order valence-electron chi connectivity index (χ2n) is 5.99. The molecule has 1 aliphatic rings. The third-order valence-corrected chi connectivity index (χ3v) is 4.28. The van der Waals surface area contributed by atoms with Gasteiger partial charge in [0.1, 0.15) is 11.2 Å². The van der Waals surface area contributed by atoms with Crippen LogP contribution in [0, 0.1) is 6.92 Å². The SMILES string of the molecule is Cc1ccc(-c2cc(C(=O)NC3(C(=O)O)CCOCC3)[nH]n2)cc1. The van der Waals surface area contributed by atoms with E-state index < -0.39 is 17.4 Å². The number of carboxylic acid groups (broad SMARTS) is 1. The van der Waals surface area contributed by atoms with Gasteiger partial charge in [0.05, 0.1) is 5.69 Å². The summed E-state index contributed by atoms with van der Waals surface area (Å²) in [6.45, 7) is 2.61. The van der Waals surface area contributed by atoms with Crippen molar-refractivity contribution in [3.05, 3.63) is 41.6 Å². The summed E-state index contributed by atoms with van der Waals surface area (Å²) in [5.74, 6) is -1.53. The third kappa shape index (κ3) is 3.16. The van der Waals surface area contributed by atoms with Crippen molar-refractivity contribution in [1.82, 2.24) is 15.5 Å². The molecule has 126 valence electrons. The van der Waals surface area contributed by atoms with Crippen molar-refractivity contribution < 1.29 is 19.4 Å². The number of benzene rings is 1. The Morgan fingerprint density at radius 2 is 1.92 bits per heavy atom. The Kier molecular flexibility index (Phi) is 4.35. The van der Waals surface area contributed by atoms with Gasteiger partial charge in [0, 0.05) is 31.6 Å². The minimum atomic E-state index is -1.29. The summed E-state index contributed by atoms with van der Waals surface area (Å²) in [6.07, 6.45) is 0.486. The lowest BCUT2D eigenvalue weighted by molar-refractivity contribution is -0.148. The van der Waals surface area contributed by atoms with Crippen LogP contribution in [0.3, 0.4) is 0 Å². The fourth-order valence-corrected chi connectivity index (χ4v) is 2.71. The van der Waals surface area contributed by atoms with Gasteiger partial charge in [0.25, 0.3) is 5.91 Å². The lowest BCUT2D eigenvalue weighted by Crippen LogP contribution is -2.57. The van der Waals surface area contributed by atoms with Gasteiger partial charge >= 0.3 is 5.97 Å². The van der Waals surface area contributed by atoms with Crippen LogP contribution in [0.5, 0.6) is 0 Å². The summed E-state index contributed by atoms with van der Waals surface area (Å²) < 4.78 is 5.20. The van der Waals surface area contributed by atoms with E-state index in [1.807, 2.05) is 31.2 Å². The molecule has 1 aromatic carbocycles. The molecule has 2 aromatic rings. The van der Waals surface area contributed by atoms with Gasteiger partial charge in [-0.05, 0) is 13.0 Å². The maximum Gasteiger partial charge on any atom is 0.329 e. The quantitative estimate of drug-likeness (QED) is 0.793. The Bertz CT molecular complexity index is 745. The number of carboxylic acids is 1. The van der Waals surface area contributed by atoms with E-state index in [2.05, 4.69) is 15.5 Å². The number of hydrogen-bond acceptors (Lipinski definition) is 4. The minimum absolute atomic E-state index is 0.234. The molecular weight excluding hydrogens is 310 g/mol. The van der Waals surface area contributed by atoms with Crippen molar-refractivity contribution in [2.75, 3.05) is 13.2 Å². The third-order valence-electron chi connectivity index (χ3n) is 4.28. The van der Waals surface area contributed by atoms with Crippen molar-refractivity contribution in [1.29, 1.82) is 0 Å². The number of aliphatic carboxylic acids is 1. The Morgan fingerprint density at radius 3 is 2.54 bits per heavy atom. The molecule has 0 bridgehead atoms. The summed E-state index contributed by atoms with van der Waals surface area (Å²) in [4.78, 5) is 24.0. The standard InChI is InChI=1S/C17H19N3O4/c1-11-2-4-12(5-3-11)13-10-14(20-19-13)15(21)18-17(16(22)23)6-8-24-9-7-17/h2-5,10H,6-9H2,1H3,(H,18,21)(H,19,20)(H,22,23). The molecule has 2 heterocycles. The number of ether oxygens (including phenoxy) is 1. The number of carbonyl (C=O) groups excluding carboxylic acids is 1. The number of aryl methyl sites for hydroxylation is 1. The Hall–Kier alpha value is -2.67. The maximum atomic E-state index is 12.4. The van der Waals surface area contributed by atoms with Crippen molar-refractivity contribution in [2.45, 2.75) is 25.3 Å². The van der Waals surface area contributed by atoms with Crippen LogP contribution in [-0.2, 0) is 9.53 Å². The second-order valence-corrected chi connectivity index (χ2v) is 5.99. The number of aromatic nitrogens is 2. The highest BCUT2D eigenvalue weighted by Gasteiger charge is 2.42. The van der Waals surface area contributed by atoms with Crippen molar-refractivity contribution in [3.63, 3.8) is 0 Å². The van der Waals surface area contributed by atoms with Crippen LogP contribution in [0.15, 0.2) is 30.3 Å². The van der Waals surface area contributed by atoms with Crippen LogP contribution < -0.4 is 5.32 Å². The number of nitrogens with zero attached hydrogens (tertiary/aromatic N) is 1. The van der Waals surface area contributed by atoms with E-state index in [0.29, 0.717) is 18.9 Å². The molecule has 1 saturated heterocycles. The number of amides is 1. The predicted octanol–water partition coefficient (Wildman–Crippen LogP) is 1.75. The Labute approximate surface area is 139 Å². The zero-order valence-corrected chi connectivity index (χ0v) is 13.3. The summed E-state index contributed by atoms with van der Waals surface area (Å²) in [5, 5.41) is 18.9. The molecule has 0 atom stereocenters. The number of H-pyrrole nitrogens is 1. The van der Waals surface area contributed by atoms with Crippen LogP contribution in [0.2, 0.25) is 0 Å². The zero-order chi connectivity index (χ0) is 17.2. The Balaban J connectivity index is 1.78. The van der Waals surface area contributed by atoms with Gasteiger partial charge < -0.3 is 15.2 Å². The normalized spacial score (nSPS) is 16.5. The zero-order valence-electron chi connectivity index (χ0n) is 13.3. The van der Waals surface area contributed by atoms with Gasteiger partial charge in [-0.2, -0.15) is 5.10 Å². The number of hydrogen-bond donors (Lipinski definition) is 3. The van der Waals surface area contributed by atoms with Gasteiger partial charge in [-0.1, -0.05) is 29.8 Å². The molecule has 0 unspecified atom stereocenters. The average molecular weight is 329 g/mol. The van der Waals surface area contributed by atoms with Gasteiger partial charge in [0.15, 0.2) is 0 Å². The van der Waals surface area contributed by atoms with Gasteiger partial charge in [0.2, 0.25) is 0 Å². The monoisotopic (exact) mass is 329 g/mol. The number of aromatic amines is 1. The molecule has 1 amide bonds. The first-order valence-corrected chi connectivity index (χ1v) is 7.76. The predicted molar refractivity (Wildman–Crippen MR) is 86.6 cm³/mol. The first-order valence-electron chi connectivity index (χ1n) is 7.76. The topological polar surface area (TPSA) is 104 Å². The summed E-state index contributed by atoms with van der Waals surface area (Å²) >= 11 is 0. The first kappa shape index (κ1) is 16.2. The van der Waals surface area contributed by atoms with Crippen LogP contribution >= 0.6 is 0 Å². The molecular formula is C17H19N3O4. The number of rotatable bonds is 4. The van der Waals surface area contributed by atoms with Crippen LogP contribution in [0.1, 0.15) is 28.9 Å². The fourth-order valence-electron chi connectivity index (χ4n) is 2.71. The van der Waals surface area contributed by atoms with Crippen LogP contribution in [0.4, 0.5) is 0 Å². The van der Waals surface area contributed by atoms with Gasteiger partial charge in [-0.15, -0.1) is 0 Å². The van der Waals surface area contributed by atoms with E-state index >= 15 is 0 Å². The smallest absolute Gasteiger partial charge is 0.329 e. The van der Waals surface area contributed by atoms with Crippen molar-refractivity contribution >= 4 is 11.9 Å². The van der Waals surface area contributed by atoms with Gasteiger partial charge in [-0.3, -0.25) is 9.89 Å². The first-order chi connectivity index (χ1) is 11.5. The highest BCUT2D eigenvalue weighted by atomic mass is 16.5. The summed E-state index contributed by atoms with van der Waals surface area (Å²) in [7, 11) is 0. The van der Waals surface area contributed by atoms with Crippen molar-refractivity contribution in [3.8, 4) is 11.3 Å². The lowest BCUT2D eigenvalue weighted by Gasteiger charge is -2.33. The molecule has 0 saturated carbocycles. The van der Waals surface area contributed by atoms with E-state index in [4.69, 9.17) is 4.74 Å². The largest absolute Gasteiger partial charge is 0.480 e. The highest BCUT2D eigenvalue weighted by Crippen LogP contribution is 2.23. The molecule has 0 aliphatic carbocycles. The second kappa shape index (κ2) is 6.45. The summed E-state index contributed by atoms with van der Waals surface area (Å²) in [5.41, 5.74) is 1.60. The Morgan fingerprint density at radius 1 is 1.25 bits per heavy atom. The lowest BCUT2D eigenvalue weighted by atomic mass is 9.90. The van der Waals surface area contributed by atoms with E-state index in [1.54, 1.807) is 6.07 Å². The molecule has 1 fully saturated rings. The molecule has 1 aromatic heterocycles. The summed E-state index contributed by atoms with van der Waals surface area (Å²) in [6, 6.07) is 9.39. The molecule has 0 radical (unpaired) electrons. The van der Waals surface area contributed by atoms with E-state index in [9.17, 15) is 14.7 Å². The van der Waals surface area contributed by atoms with Crippen LogP contribution in [-0.4, -0.2) is 45.9 Å². The highest BCUT2D eigenvalue weighted by molar-refractivity contribution is 5.97. The fraction of sp³-hybridized carbons (Fsp3) is 0.353. The van der Waals surface area contributed by atoms with E-state index in [-0.39, 0.29) is 18.5 Å². The number of nitrogens with one attached hydrogen (secondary N) is 2. The number of carbonyl (C=O) groups is 2. The van der Waals surface area contributed by atoms with Gasteiger partial charge in [-0.25, -0.2) is 4.79 Å². The molecule has 3 N–H and O–H groups in total. The van der Waals surface area contributed by atoms with E-state index in [0.717, 1.165) is 11.1 Å². The molecule has 7 heteroatoms. The molecule has 7 nitrogen and oxygen atoms in total. The minimum Gasteiger partial charge on any atom is -0.480 e. The molecule has 24 heavy (non-hydrogen) atoms. The molecule has 1 aliphatic heterocycles. The van der Waals surface area contributed by atoms with E-state index in [1.165, 1.54) is 0 Å². The van der Waals surface area contributed by atoms with Crippen LogP contribution in [0.25, 0.3) is 11.3 Å². The van der Waals surface area contributed by atoms with Crippen molar-refractivity contribution in [2.24, 2.45) is 0 Å².